The van der Waals surface area contributed by atoms with Gasteiger partial charge in [0.2, 0.25) is 5.88 Å². The lowest BCUT2D eigenvalue weighted by atomic mass is 10.2. The molecule has 21 heavy (non-hydrogen) atoms. The number of anilines is 1. The summed E-state index contributed by atoms with van der Waals surface area (Å²) in [4.78, 5) is 11.1. The van der Waals surface area contributed by atoms with E-state index in [0.717, 1.165) is 25.5 Å². The molecular weight excluding hydrogens is 268 g/mol. The zero-order chi connectivity index (χ0) is 15.2. The third-order valence-corrected chi connectivity index (χ3v) is 3.24. The fourth-order valence-electron chi connectivity index (χ4n) is 2.27. The van der Waals surface area contributed by atoms with Crippen LogP contribution in [0.2, 0.25) is 0 Å². The predicted molar refractivity (Wildman–Crippen MR) is 82.9 cm³/mol. The van der Waals surface area contributed by atoms with E-state index in [1.807, 2.05) is 13.8 Å². The van der Waals surface area contributed by atoms with Gasteiger partial charge in [-0.25, -0.2) is 0 Å². The Morgan fingerprint density at radius 1 is 1.38 bits per heavy atom. The van der Waals surface area contributed by atoms with Gasteiger partial charge in [-0.1, -0.05) is 13.8 Å². The molecule has 1 aromatic rings. The smallest absolute Gasteiger partial charge is 0.234 e. The summed E-state index contributed by atoms with van der Waals surface area (Å²) in [5, 5.41) is 3.46. The van der Waals surface area contributed by atoms with E-state index < -0.39 is 0 Å². The molecule has 2 heterocycles. The molecule has 0 bridgehead atoms. The Kier molecular flexibility index (Phi) is 5.76. The molecule has 6 nitrogen and oxygen atoms in total. The molecule has 6 heteroatoms. The average molecular weight is 294 g/mol. The van der Waals surface area contributed by atoms with Gasteiger partial charge in [0.05, 0.1) is 37.8 Å². The quantitative estimate of drug-likeness (QED) is 0.857. The fourth-order valence-corrected chi connectivity index (χ4v) is 2.27. The Hall–Kier alpha value is -1.40. The van der Waals surface area contributed by atoms with Gasteiger partial charge < -0.3 is 19.7 Å². The summed E-state index contributed by atoms with van der Waals surface area (Å²) in [5.74, 6) is 1.43. The van der Waals surface area contributed by atoms with Crippen molar-refractivity contribution in [3.8, 4) is 5.88 Å². The second-order valence-electron chi connectivity index (χ2n) is 5.87. The van der Waals surface area contributed by atoms with Crippen molar-refractivity contribution in [2.24, 2.45) is 0 Å². The van der Waals surface area contributed by atoms with Crippen LogP contribution in [0.3, 0.4) is 0 Å². The molecule has 1 aromatic heterocycles. The van der Waals surface area contributed by atoms with Crippen LogP contribution >= 0.6 is 0 Å². The topological polar surface area (TPSA) is 59.5 Å². The lowest BCUT2D eigenvalue weighted by molar-refractivity contribution is 0.0926. The number of hydrogen-bond donors (Lipinski definition) is 1. The van der Waals surface area contributed by atoms with Gasteiger partial charge in [-0.15, -0.1) is 0 Å². The van der Waals surface area contributed by atoms with Crippen LogP contribution in [0.5, 0.6) is 5.88 Å². The van der Waals surface area contributed by atoms with Gasteiger partial charge in [-0.3, -0.25) is 4.98 Å². The van der Waals surface area contributed by atoms with Gasteiger partial charge in [0, 0.05) is 19.1 Å². The van der Waals surface area contributed by atoms with E-state index in [1.54, 1.807) is 12.4 Å². The maximum Gasteiger partial charge on any atom is 0.234 e. The van der Waals surface area contributed by atoms with E-state index in [-0.39, 0.29) is 12.1 Å². The van der Waals surface area contributed by atoms with E-state index in [2.05, 4.69) is 34.0 Å². The molecule has 0 aromatic carbocycles. The highest BCUT2D eigenvalue weighted by molar-refractivity contribution is 5.39. The standard InChI is InChI=1S/C15H26N4O2/c1-11(2)17-7-13-10-20-6-5-19(13)14-8-16-9-15(18-14)21-12(3)4/h8-9,11-13,17H,5-7,10H2,1-4H3. The van der Waals surface area contributed by atoms with Crippen LogP contribution in [0.4, 0.5) is 5.82 Å². The molecule has 0 radical (unpaired) electrons. The minimum Gasteiger partial charge on any atom is -0.474 e. The number of morpholine rings is 1. The van der Waals surface area contributed by atoms with Crippen LogP contribution in [0.1, 0.15) is 27.7 Å². The highest BCUT2D eigenvalue weighted by atomic mass is 16.5. The van der Waals surface area contributed by atoms with Crippen molar-refractivity contribution in [3.63, 3.8) is 0 Å². The molecule has 0 aliphatic carbocycles. The van der Waals surface area contributed by atoms with Crippen LogP contribution in [0.25, 0.3) is 0 Å². The first-order valence-corrected chi connectivity index (χ1v) is 7.62. The van der Waals surface area contributed by atoms with Crippen molar-refractivity contribution in [3.05, 3.63) is 12.4 Å². The molecule has 0 amide bonds. The Balaban J connectivity index is 2.09. The highest BCUT2D eigenvalue weighted by Gasteiger charge is 2.24. The normalized spacial score (nSPS) is 19.3. The zero-order valence-electron chi connectivity index (χ0n) is 13.4. The molecule has 2 rings (SSSR count). The first-order chi connectivity index (χ1) is 10.1. The molecule has 1 aliphatic rings. The number of nitrogens with zero attached hydrogens (tertiary/aromatic N) is 3. The maximum absolute atomic E-state index is 5.63. The molecule has 0 spiro atoms. The largest absolute Gasteiger partial charge is 0.474 e. The zero-order valence-corrected chi connectivity index (χ0v) is 13.4. The summed E-state index contributed by atoms with van der Waals surface area (Å²) < 4.78 is 11.2. The third kappa shape index (κ3) is 4.82. The van der Waals surface area contributed by atoms with E-state index in [1.165, 1.54) is 0 Å². The van der Waals surface area contributed by atoms with E-state index in [0.29, 0.717) is 18.5 Å². The first kappa shape index (κ1) is 16.0. The summed E-state index contributed by atoms with van der Waals surface area (Å²) in [5.41, 5.74) is 0. The average Bonchev–Trinajstić information content (AvgIpc) is 2.45. The number of nitrogens with one attached hydrogen (secondary N) is 1. The Bertz CT molecular complexity index is 439. The molecular formula is C15H26N4O2. The van der Waals surface area contributed by atoms with E-state index in [9.17, 15) is 0 Å². The molecule has 1 unspecified atom stereocenters. The molecule has 0 saturated carbocycles. The Morgan fingerprint density at radius 2 is 2.19 bits per heavy atom. The minimum atomic E-state index is 0.0950. The Labute approximate surface area is 126 Å². The highest BCUT2D eigenvalue weighted by Crippen LogP contribution is 2.19. The summed E-state index contributed by atoms with van der Waals surface area (Å²) in [6.07, 6.45) is 3.55. The Morgan fingerprint density at radius 3 is 2.90 bits per heavy atom. The van der Waals surface area contributed by atoms with Crippen LogP contribution in [-0.4, -0.2) is 54.5 Å². The van der Waals surface area contributed by atoms with Crippen molar-refractivity contribution in [2.75, 3.05) is 31.2 Å². The van der Waals surface area contributed by atoms with Crippen LogP contribution < -0.4 is 15.0 Å². The van der Waals surface area contributed by atoms with Crippen molar-refractivity contribution >= 4 is 5.82 Å². The monoisotopic (exact) mass is 294 g/mol. The van der Waals surface area contributed by atoms with Crippen molar-refractivity contribution in [2.45, 2.75) is 45.9 Å². The molecule has 118 valence electrons. The summed E-state index contributed by atoms with van der Waals surface area (Å²) in [6, 6.07) is 0.722. The second-order valence-corrected chi connectivity index (χ2v) is 5.87. The maximum atomic E-state index is 5.63. The van der Waals surface area contributed by atoms with Crippen LogP contribution in [-0.2, 0) is 4.74 Å². The third-order valence-electron chi connectivity index (χ3n) is 3.24. The summed E-state index contributed by atoms with van der Waals surface area (Å²) in [6.45, 7) is 11.4. The second kappa shape index (κ2) is 7.56. The minimum absolute atomic E-state index is 0.0950. The number of ether oxygens (including phenoxy) is 2. The molecule has 1 N–H and O–H groups in total. The predicted octanol–water partition coefficient (Wildman–Crippen LogP) is 1.47. The molecule has 1 aliphatic heterocycles. The van der Waals surface area contributed by atoms with E-state index >= 15 is 0 Å². The lowest BCUT2D eigenvalue weighted by Crippen LogP contribution is -2.51. The van der Waals surface area contributed by atoms with Crippen LogP contribution in [0.15, 0.2) is 12.4 Å². The van der Waals surface area contributed by atoms with Gasteiger partial charge in [0.15, 0.2) is 5.82 Å². The SMILES string of the molecule is CC(C)NCC1COCCN1c1cncc(OC(C)C)n1. The van der Waals surface area contributed by atoms with Gasteiger partial charge >= 0.3 is 0 Å². The molecule has 1 fully saturated rings. The number of aromatic nitrogens is 2. The first-order valence-electron chi connectivity index (χ1n) is 7.62. The van der Waals surface area contributed by atoms with E-state index in [4.69, 9.17) is 9.47 Å². The number of rotatable bonds is 6. The van der Waals surface area contributed by atoms with Crippen LogP contribution in [0, 0.1) is 0 Å². The van der Waals surface area contributed by atoms with Gasteiger partial charge in [-0.2, -0.15) is 4.98 Å². The lowest BCUT2D eigenvalue weighted by Gasteiger charge is -2.36. The van der Waals surface area contributed by atoms with Gasteiger partial charge in [-0.05, 0) is 13.8 Å². The summed E-state index contributed by atoms with van der Waals surface area (Å²) in [7, 11) is 0. The molecule has 1 atom stereocenters. The van der Waals surface area contributed by atoms with Crippen molar-refractivity contribution < 1.29 is 9.47 Å². The van der Waals surface area contributed by atoms with Crippen molar-refractivity contribution in [1.82, 2.24) is 15.3 Å². The summed E-state index contributed by atoms with van der Waals surface area (Å²) >= 11 is 0. The number of hydrogen-bond acceptors (Lipinski definition) is 6. The van der Waals surface area contributed by atoms with Gasteiger partial charge in [0.1, 0.15) is 0 Å². The fraction of sp³-hybridized carbons (Fsp3) is 0.733. The van der Waals surface area contributed by atoms with Crippen molar-refractivity contribution in [1.29, 1.82) is 0 Å². The molecule has 1 saturated heterocycles. The van der Waals surface area contributed by atoms with Gasteiger partial charge in [0.25, 0.3) is 0 Å².